The number of pyridine rings is 1. The minimum absolute atomic E-state index is 0.00560. The van der Waals surface area contributed by atoms with Gasteiger partial charge >= 0.3 is 0 Å². The van der Waals surface area contributed by atoms with Crippen LogP contribution in [-0.4, -0.2) is 16.2 Å². The van der Waals surface area contributed by atoms with Crippen molar-refractivity contribution in [1.29, 1.82) is 0 Å². The Morgan fingerprint density at radius 1 is 1.46 bits per heavy atom. The summed E-state index contributed by atoms with van der Waals surface area (Å²) >= 11 is 0. The van der Waals surface area contributed by atoms with E-state index in [0.29, 0.717) is 5.92 Å². The van der Waals surface area contributed by atoms with Crippen LogP contribution in [0.4, 0.5) is 0 Å². The molecule has 0 aliphatic heterocycles. The lowest BCUT2D eigenvalue weighted by Gasteiger charge is -2.48. The molecule has 2 unspecified atom stereocenters. The molecule has 1 N–H and O–H groups in total. The van der Waals surface area contributed by atoms with Crippen LogP contribution in [0.1, 0.15) is 31.9 Å². The molecule has 1 heterocycles. The fourth-order valence-corrected chi connectivity index (χ4v) is 1.99. The fourth-order valence-electron chi connectivity index (χ4n) is 1.99. The van der Waals surface area contributed by atoms with E-state index in [-0.39, 0.29) is 11.5 Å². The van der Waals surface area contributed by atoms with Crippen LogP contribution >= 0.6 is 0 Å². The highest BCUT2D eigenvalue weighted by Gasteiger charge is 2.48. The molecule has 2 nitrogen and oxygen atoms in total. The van der Waals surface area contributed by atoms with Gasteiger partial charge in [0.15, 0.2) is 0 Å². The summed E-state index contributed by atoms with van der Waals surface area (Å²) in [5.41, 5.74) is 1.10. The Labute approximate surface area is 78.6 Å². The summed E-state index contributed by atoms with van der Waals surface area (Å²) in [4.78, 5) is 4.32. The van der Waals surface area contributed by atoms with Crippen molar-refractivity contribution in [3.8, 4) is 0 Å². The van der Waals surface area contributed by atoms with Crippen molar-refractivity contribution in [3.05, 3.63) is 30.1 Å². The molecule has 1 aromatic heterocycles. The van der Waals surface area contributed by atoms with Gasteiger partial charge in [0.25, 0.3) is 0 Å². The molecular weight excluding hydrogens is 162 g/mol. The Balaban J connectivity index is 2.22. The van der Waals surface area contributed by atoms with E-state index in [2.05, 4.69) is 18.8 Å². The van der Waals surface area contributed by atoms with Crippen molar-refractivity contribution in [2.24, 2.45) is 5.41 Å². The number of aliphatic hydroxyl groups excluding tert-OH is 1. The molecule has 13 heavy (non-hydrogen) atoms. The molecule has 0 saturated heterocycles. The third-order valence-electron chi connectivity index (χ3n) is 3.26. The van der Waals surface area contributed by atoms with E-state index < -0.39 is 0 Å². The molecule has 1 aliphatic carbocycles. The van der Waals surface area contributed by atoms with Crippen LogP contribution in [0, 0.1) is 5.41 Å². The maximum Gasteiger partial charge on any atom is 0.0604 e. The molecule has 2 heteroatoms. The Morgan fingerprint density at radius 2 is 2.23 bits per heavy atom. The van der Waals surface area contributed by atoms with E-state index in [4.69, 9.17) is 0 Å². The van der Waals surface area contributed by atoms with Crippen molar-refractivity contribution in [2.75, 3.05) is 0 Å². The highest BCUT2D eigenvalue weighted by molar-refractivity contribution is 5.19. The molecule has 1 fully saturated rings. The van der Waals surface area contributed by atoms with Gasteiger partial charge in [0.1, 0.15) is 0 Å². The van der Waals surface area contributed by atoms with Gasteiger partial charge in [-0.05, 0) is 24.0 Å². The normalized spacial score (nSPS) is 31.0. The average molecular weight is 177 g/mol. The first-order chi connectivity index (χ1) is 6.12. The second kappa shape index (κ2) is 2.81. The third-order valence-corrected chi connectivity index (χ3v) is 3.26. The summed E-state index contributed by atoms with van der Waals surface area (Å²) in [5, 5.41) is 9.58. The Hall–Kier alpha value is -0.890. The molecule has 1 aliphatic rings. The van der Waals surface area contributed by atoms with Crippen molar-refractivity contribution in [2.45, 2.75) is 32.3 Å². The predicted octanol–water partition coefficient (Wildman–Crippen LogP) is 1.96. The lowest BCUT2D eigenvalue weighted by molar-refractivity contribution is -0.0639. The van der Waals surface area contributed by atoms with Gasteiger partial charge in [-0.1, -0.05) is 19.9 Å². The first kappa shape index (κ1) is 8.70. The van der Waals surface area contributed by atoms with E-state index in [1.54, 1.807) is 0 Å². The van der Waals surface area contributed by atoms with Crippen molar-refractivity contribution in [3.63, 3.8) is 0 Å². The monoisotopic (exact) mass is 177 g/mol. The Morgan fingerprint density at radius 3 is 2.69 bits per heavy atom. The number of hydrogen-bond donors (Lipinski definition) is 1. The summed E-state index contributed by atoms with van der Waals surface area (Å²) in [6.07, 6.45) is 2.50. The Bertz CT molecular complexity index is 294. The van der Waals surface area contributed by atoms with Crippen LogP contribution < -0.4 is 0 Å². The predicted molar refractivity (Wildman–Crippen MR) is 51.4 cm³/mol. The molecule has 70 valence electrons. The molecule has 0 radical (unpaired) electrons. The van der Waals surface area contributed by atoms with Gasteiger partial charge in [-0.3, -0.25) is 4.98 Å². The summed E-state index contributed by atoms with van der Waals surface area (Å²) in [5.74, 6) is 0.420. The van der Waals surface area contributed by atoms with Crippen molar-refractivity contribution < 1.29 is 5.11 Å². The molecule has 1 aromatic rings. The van der Waals surface area contributed by atoms with Crippen molar-refractivity contribution in [1.82, 2.24) is 4.98 Å². The summed E-state index contributed by atoms with van der Waals surface area (Å²) in [6.45, 7) is 4.20. The van der Waals surface area contributed by atoms with Crippen LogP contribution in [-0.2, 0) is 0 Å². The molecule has 0 amide bonds. The minimum atomic E-state index is -0.167. The van der Waals surface area contributed by atoms with E-state index in [0.717, 1.165) is 12.1 Å². The zero-order chi connectivity index (χ0) is 9.47. The van der Waals surface area contributed by atoms with Gasteiger partial charge < -0.3 is 5.11 Å². The van der Waals surface area contributed by atoms with Gasteiger partial charge in [-0.15, -0.1) is 0 Å². The smallest absolute Gasteiger partial charge is 0.0604 e. The van der Waals surface area contributed by atoms with Crippen LogP contribution in [0.25, 0.3) is 0 Å². The van der Waals surface area contributed by atoms with Crippen LogP contribution in [0.5, 0.6) is 0 Å². The molecule has 0 bridgehead atoms. The maximum atomic E-state index is 9.58. The van der Waals surface area contributed by atoms with Crippen LogP contribution in [0.2, 0.25) is 0 Å². The van der Waals surface area contributed by atoms with Crippen LogP contribution in [0.15, 0.2) is 24.4 Å². The van der Waals surface area contributed by atoms with Crippen LogP contribution in [0.3, 0.4) is 0 Å². The molecule has 0 spiro atoms. The van der Waals surface area contributed by atoms with Gasteiger partial charge in [0.2, 0.25) is 0 Å². The SMILES string of the molecule is CC1(C)C(O)CC1c1ccccn1. The van der Waals surface area contributed by atoms with Gasteiger partial charge in [-0.25, -0.2) is 0 Å². The topological polar surface area (TPSA) is 33.1 Å². The largest absolute Gasteiger partial charge is 0.393 e. The third kappa shape index (κ3) is 1.25. The molecule has 1 saturated carbocycles. The van der Waals surface area contributed by atoms with E-state index in [1.165, 1.54) is 0 Å². The zero-order valence-electron chi connectivity index (χ0n) is 8.07. The average Bonchev–Trinajstić information content (AvgIpc) is 2.15. The van der Waals surface area contributed by atoms with Gasteiger partial charge in [0, 0.05) is 17.8 Å². The number of aliphatic hydroxyl groups is 1. The zero-order valence-corrected chi connectivity index (χ0v) is 8.07. The number of hydrogen-bond acceptors (Lipinski definition) is 2. The van der Waals surface area contributed by atoms with Gasteiger partial charge in [-0.2, -0.15) is 0 Å². The first-order valence-corrected chi connectivity index (χ1v) is 4.71. The number of nitrogens with zero attached hydrogens (tertiary/aromatic N) is 1. The maximum absolute atomic E-state index is 9.58. The summed E-state index contributed by atoms with van der Waals surface area (Å²) in [7, 11) is 0. The standard InChI is InChI=1S/C11H15NO/c1-11(2)8(7-10(11)13)9-5-3-4-6-12-9/h3-6,8,10,13H,7H2,1-2H3. The fraction of sp³-hybridized carbons (Fsp3) is 0.545. The molecule has 2 atom stereocenters. The molecular formula is C11H15NO. The summed E-state index contributed by atoms with van der Waals surface area (Å²) in [6, 6.07) is 5.97. The number of rotatable bonds is 1. The lowest BCUT2D eigenvalue weighted by atomic mass is 9.59. The van der Waals surface area contributed by atoms with Crippen molar-refractivity contribution >= 4 is 0 Å². The second-order valence-electron chi connectivity index (χ2n) is 4.38. The van der Waals surface area contributed by atoms with E-state index >= 15 is 0 Å². The lowest BCUT2D eigenvalue weighted by Crippen LogP contribution is -2.47. The van der Waals surface area contributed by atoms with Gasteiger partial charge in [0.05, 0.1) is 6.10 Å². The quantitative estimate of drug-likeness (QED) is 0.711. The second-order valence-corrected chi connectivity index (χ2v) is 4.38. The molecule has 0 aromatic carbocycles. The summed E-state index contributed by atoms with van der Waals surface area (Å²) < 4.78 is 0. The minimum Gasteiger partial charge on any atom is -0.393 e. The Kier molecular flexibility index (Phi) is 1.88. The molecule has 2 rings (SSSR count). The highest BCUT2D eigenvalue weighted by atomic mass is 16.3. The van der Waals surface area contributed by atoms with E-state index in [9.17, 15) is 5.11 Å². The first-order valence-electron chi connectivity index (χ1n) is 4.71. The number of aromatic nitrogens is 1. The highest BCUT2D eigenvalue weighted by Crippen LogP contribution is 2.51. The van der Waals surface area contributed by atoms with E-state index in [1.807, 2.05) is 24.4 Å².